The minimum atomic E-state index is -0.206. The van der Waals surface area contributed by atoms with E-state index in [0.717, 1.165) is 10.6 Å². The van der Waals surface area contributed by atoms with Crippen LogP contribution >= 0.6 is 23.7 Å². The molecule has 18 heavy (non-hydrogen) atoms. The average molecular weight is 287 g/mol. The third-order valence-corrected chi connectivity index (χ3v) is 3.23. The summed E-state index contributed by atoms with van der Waals surface area (Å²) in [6, 6.07) is 5.62. The molecule has 98 valence electrons. The first-order chi connectivity index (χ1) is 8.20. The molecule has 7 heteroatoms. The van der Waals surface area contributed by atoms with E-state index >= 15 is 0 Å². The molecule has 5 nitrogen and oxygen atoms in total. The molecule has 1 amide bonds. The molecular weight excluding hydrogens is 272 g/mol. The molecule has 0 spiro atoms. The van der Waals surface area contributed by atoms with Gasteiger partial charge in [0.25, 0.3) is 5.91 Å². The van der Waals surface area contributed by atoms with E-state index in [-0.39, 0.29) is 24.4 Å². The van der Waals surface area contributed by atoms with Crippen molar-refractivity contribution in [2.24, 2.45) is 5.73 Å². The number of hydrogen-bond donors (Lipinski definition) is 3. The molecule has 0 aliphatic heterocycles. The Morgan fingerprint density at radius 2 is 2.44 bits per heavy atom. The van der Waals surface area contributed by atoms with Crippen LogP contribution in [0.5, 0.6) is 0 Å². The number of halogens is 1. The monoisotopic (exact) mass is 286 g/mol. The lowest BCUT2D eigenvalue weighted by molar-refractivity contribution is 0.0936. The second kappa shape index (κ2) is 6.53. The van der Waals surface area contributed by atoms with Crippen molar-refractivity contribution in [1.82, 2.24) is 15.5 Å². The number of carbonyl (C=O) groups excluding carboxylic acids is 1. The van der Waals surface area contributed by atoms with Crippen LogP contribution in [0.1, 0.15) is 17.4 Å². The molecule has 2 aromatic rings. The first-order valence-corrected chi connectivity index (χ1v) is 6.19. The van der Waals surface area contributed by atoms with Gasteiger partial charge in [0.15, 0.2) is 5.69 Å². The number of aromatic amines is 1. The molecule has 0 aromatic carbocycles. The summed E-state index contributed by atoms with van der Waals surface area (Å²) in [6.45, 7) is 2.26. The van der Waals surface area contributed by atoms with Crippen LogP contribution in [0.25, 0.3) is 10.6 Å². The summed E-state index contributed by atoms with van der Waals surface area (Å²) >= 11 is 1.60. The number of aromatic nitrogens is 2. The predicted molar refractivity (Wildman–Crippen MR) is 75.1 cm³/mol. The number of rotatable bonds is 4. The standard InChI is InChI=1S/C11H14N4OS.ClH/c1-7(6-12)13-11(16)9-5-8(14-15-9)10-3-2-4-17-10;/h2-5,7H,6,12H2,1H3,(H,13,16)(H,14,15);1H/t7-;/m0./s1. The van der Waals surface area contributed by atoms with E-state index in [1.54, 1.807) is 17.4 Å². The van der Waals surface area contributed by atoms with Crippen LogP contribution in [0.3, 0.4) is 0 Å². The van der Waals surface area contributed by atoms with Gasteiger partial charge in [-0.1, -0.05) is 6.07 Å². The van der Waals surface area contributed by atoms with Gasteiger partial charge in [0.05, 0.1) is 10.6 Å². The maximum atomic E-state index is 11.8. The fourth-order valence-electron chi connectivity index (χ4n) is 1.35. The maximum absolute atomic E-state index is 11.8. The van der Waals surface area contributed by atoms with Crippen LogP contribution in [0, 0.1) is 0 Å². The molecule has 0 unspecified atom stereocenters. The normalized spacial score (nSPS) is 11.7. The Morgan fingerprint density at radius 3 is 3.06 bits per heavy atom. The Balaban J connectivity index is 0.00000162. The Hall–Kier alpha value is -1.37. The minimum absolute atomic E-state index is 0. The van der Waals surface area contributed by atoms with Crippen molar-refractivity contribution in [3.05, 3.63) is 29.3 Å². The highest BCUT2D eigenvalue weighted by atomic mass is 35.5. The smallest absolute Gasteiger partial charge is 0.272 e. The number of thiophene rings is 1. The van der Waals surface area contributed by atoms with E-state index < -0.39 is 0 Å². The number of nitrogens with zero attached hydrogens (tertiary/aromatic N) is 1. The van der Waals surface area contributed by atoms with Gasteiger partial charge in [-0.3, -0.25) is 9.89 Å². The molecule has 2 aromatic heterocycles. The van der Waals surface area contributed by atoms with Crippen molar-refractivity contribution in [3.63, 3.8) is 0 Å². The summed E-state index contributed by atoms with van der Waals surface area (Å²) < 4.78 is 0. The molecule has 1 atom stereocenters. The SMILES string of the molecule is C[C@@H](CN)NC(=O)c1cc(-c2cccs2)[nH]n1.Cl. The first kappa shape index (κ1) is 14.7. The number of nitrogens with two attached hydrogens (primary N) is 1. The lowest BCUT2D eigenvalue weighted by Crippen LogP contribution is -2.37. The van der Waals surface area contributed by atoms with E-state index in [1.807, 2.05) is 24.4 Å². The van der Waals surface area contributed by atoms with Crippen LogP contribution in [-0.4, -0.2) is 28.7 Å². The van der Waals surface area contributed by atoms with Crippen molar-refractivity contribution >= 4 is 29.7 Å². The third-order valence-electron chi connectivity index (χ3n) is 2.33. The van der Waals surface area contributed by atoms with E-state index in [4.69, 9.17) is 5.73 Å². The fourth-order valence-corrected chi connectivity index (χ4v) is 2.05. The molecule has 2 rings (SSSR count). The average Bonchev–Trinajstić information content (AvgIpc) is 2.98. The topological polar surface area (TPSA) is 83.8 Å². The Labute approximate surface area is 115 Å². The van der Waals surface area contributed by atoms with E-state index in [1.165, 1.54) is 0 Å². The summed E-state index contributed by atoms with van der Waals surface area (Å²) in [7, 11) is 0. The zero-order chi connectivity index (χ0) is 12.3. The van der Waals surface area contributed by atoms with Crippen LogP contribution < -0.4 is 11.1 Å². The zero-order valence-corrected chi connectivity index (χ0v) is 11.5. The summed E-state index contributed by atoms with van der Waals surface area (Å²) in [5.41, 5.74) is 6.67. The predicted octanol–water partition coefficient (Wildman–Crippen LogP) is 1.64. The number of H-pyrrole nitrogens is 1. The number of nitrogens with one attached hydrogen (secondary N) is 2. The van der Waals surface area contributed by atoms with Gasteiger partial charge in [-0.25, -0.2) is 0 Å². The van der Waals surface area contributed by atoms with Gasteiger partial charge in [-0.05, 0) is 24.4 Å². The highest BCUT2D eigenvalue weighted by Crippen LogP contribution is 2.22. The lowest BCUT2D eigenvalue weighted by Gasteiger charge is -2.08. The van der Waals surface area contributed by atoms with Crippen molar-refractivity contribution in [1.29, 1.82) is 0 Å². The van der Waals surface area contributed by atoms with Gasteiger partial charge in [-0.15, -0.1) is 23.7 Å². The van der Waals surface area contributed by atoms with Gasteiger partial charge < -0.3 is 11.1 Å². The van der Waals surface area contributed by atoms with E-state index in [9.17, 15) is 4.79 Å². The molecule has 0 aliphatic carbocycles. The van der Waals surface area contributed by atoms with Gasteiger partial charge in [0, 0.05) is 12.6 Å². The van der Waals surface area contributed by atoms with Gasteiger partial charge in [0.1, 0.15) is 0 Å². The van der Waals surface area contributed by atoms with Gasteiger partial charge >= 0.3 is 0 Å². The molecule has 0 aliphatic rings. The molecule has 4 N–H and O–H groups in total. The van der Waals surface area contributed by atoms with Gasteiger partial charge in [-0.2, -0.15) is 5.10 Å². The van der Waals surface area contributed by atoms with E-state index in [2.05, 4.69) is 15.5 Å². The van der Waals surface area contributed by atoms with E-state index in [0.29, 0.717) is 12.2 Å². The molecule has 0 saturated carbocycles. The first-order valence-electron chi connectivity index (χ1n) is 5.31. The maximum Gasteiger partial charge on any atom is 0.272 e. The molecule has 0 bridgehead atoms. The third kappa shape index (κ3) is 3.32. The molecular formula is C11H15ClN4OS. The number of carbonyl (C=O) groups is 1. The minimum Gasteiger partial charge on any atom is -0.347 e. The highest BCUT2D eigenvalue weighted by molar-refractivity contribution is 7.13. The quantitative estimate of drug-likeness (QED) is 0.799. The molecule has 0 fully saturated rings. The van der Waals surface area contributed by atoms with Gasteiger partial charge in [0.2, 0.25) is 0 Å². The molecule has 0 radical (unpaired) electrons. The van der Waals surface area contributed by atoms with Crippen LogP contribution in [0.15, 0.2) is 23.6 Å². The second-order valence-electron chi connectivity index (χ2n) is 3.75. The largest absolute Gasteiger partial charge is 0.347 e. The highest BCUT2D eigenvalue weighted by Gasteiger charge is 2.13. The molecule has 0 saturated heterocycles. The van der Waals surface area contributed by atoms with Crippen LogP contribution in [0.4, 0.5) is 0 Å². The second-order valence-corrected chi connectivity index (χ2v) is 4.70. The Bertz CT molecular complexity index is 497. The summed E-state index contributed by atoms with van der Waals surface area (Å²) in [4.78, 5) is 12.8. The van der Waals surface area contributed by atoms with Crippen LogP contribution in [-0.2, 0) is 0 Å². The van der Waals surface area contributed by atoms with Crippen molar-refractivity contribution in [2.75, 3.05) is 6.54 Å². The van der Waals surface area contributed by atoms with Crippen LogP contribution in [0.2, 0.25) is 0 Å². The summed E-state index contributed by atoms with van der Waals surface area (Å²) in [5.74, 6) is -0.206. The number of amides is 1. The summed E-state index contributed by atoms with van der Waals surface area (Å²) in [5, 5.41) is 11.6. The lowest BCUT2D eigenvalue weighted by atomic mass is 10.3. The van der Waals surface area contributed by atoms with Crippen molar-refractivity contribution in [3.8, 4) is 10.6 Å². The number of hydrogen-bond acceptors (Lipinski definition) is 4. The van der Waals surface area contributed by atoms with Crippen molar-refractivity contribution in [2.45, 2.75) is 13.0 Å². The van der Waals surface area contributed by atoms with Crippen molar-refractivity contribution < 1.29 is 4.79 Å². The summed E-state index contributed by atoms with van der Waals surface area (Å²) in [6.07, 6.45) is 0. The Morgan fingerprint density at radius 1 is 1.67 bits per heavy atom. The fraction of sp³-hybridized carbons (Fsp3) is 0.273. The zero-order valence-electron chi connectivity index (χ0n) is 9.84. The Kier molecular flexibility index (Phi) is 5.33. The molecule has 2 heterocycles.